The number of aliphatic carboxylic acids is 1. The second-order valence-corrected chi connectivity index (χ2v) is 6.12. The number of aromatic nitrogens is 4. The Bertz CT molecular complexity index is 415. The average molecular weight is 270 g/mol. The van der Waals surface area contributed by atoms with Crippen molar-refractivity contribution in [1.29, 1.82) is 0 Å². The van der Waals surface area contributed by atoms with Crippen LogP contribution in [0.3, 0.4) is 0 Å². The summed E-state index contributed by atoms with van der Waals surface area (Å²) < 4.78 is 1.75. The molecule has 0 spiro atoms. The van der Waals surface area contributed by atoms with Gasteiger partial charge in [0.2, 0.25) is 5.16 Å². The third-order valence-corrected chi connectivity index (χ3v) is 4.36. The van der Waals surface area contributed by atoms with Gasteiger partial charge in [0, 0.05) is 0 Å². The standard InChI is InChI=1S/C11H18N4O2S/c1-11(5-3-2-4-6-11)8-15-10(12-13-14-15)18-7-9(16)17/h2-8H2,1H3,(H,16,17). The summed E-state index contributed by atoms with van der Waals surface area (Å²) in [5.41, 5.74) is 0.242. The first-order chi connectivity index (χ1) is 8.59. The number of carboxylic acids is 1. The monoisotopic (exact) mass is 270 g/mol. The normalized spacial score (nSPS) is 18.7. The fourth-order valence-corrected chi connectivity index (χ4v) is 3.05. The van der Waals surface area contributed by atoms with Gasteiger partial charge >= 0.3 is 5.97 Å². The highest BCUT2D eigenvalue weighted by molar-refractivity contribution is 7.99. The number of carbonyl (C=O) groups is 1. The van der Waals surface area contributed by atoms with E-state index in [-0.39, 0.29) is 11.2 Å². The minimum Gasteiger partial charge on any atom is -0.481 e. The molecule has 100 valence electrons. The van der Waals surface area contributed by atoms with Crippen LogP contribution in [0.25, 0.3) is 0 Å². The van der Waals surface area contributed by atoms with Crippen LogP contribution in [-0.2, 0) is 11.3 Å². The van der Waals surface area contributed by atoms with E-state index in [9.17, 15) is 4.79 Å². The van der Waals surface area contributed by atoms with E-state index in [1.165, 1.54) is 43.9 Å². The number of nitrogens with zero attached hydrogens (tertiary/aromatic N) is 4. The second kappa shape index (κ2) is 5.69. The average Bonchev–Trinajstić information content (AvgIpc) is 2.74. The van der Waals surface area contributed by atoms with Gasteiger partial charge in [-0.05, 0) is 28.7 Å². The fourth-order valence-electron chi connectivity index (χ4n) is 2.45. The number of hydrogen-bond donors (Lipinski definition) is 1. The van der Waals surface area contributed by atoms with E-state index in [1.807, 2.05) is 0 Å². The van der Waals surface area contributed by atoms with Crippen LogP contribution in [0.5, 0.6) is 0 Å². The summed E-state index contributed by atoms with van der Waals surface area (Å²) in [4.78, 5) is 10.6. The number of tetrazole rings is 1. The second-order valence-electron chi connectivity index (χ2n) is 5.17. The van der Waals surface area contributed by atoms with E-state index in [0.29, 0.717) is 5.16 Å². The van der Waals surface area contributed by atoms with Crippen LogP contribution >= 0.6 is 11.8 Å². The van der Waals surface area contributed by atoms with Gasteiger partial charge in [-0.1, -0.05) is 37.9 Å². The SMILES string of the molecule is CC1(Cn2nnnc2SCC(=O)O)CCCCC1. The molecule has 0 bridgehead atoms. The third-order valence-electron chi connectivity index (χ3n) is 3.42. The minimum atomic E-state index is -0.849. The van der Waals surface area contributed by atoms with Gasteiger partial charge < -0.3 is 5.11 Å². The lowest BCUT2D eigenvalue weighted by Gasteiger charge is -2.33. The predicted octanol–water partition coefficient (Wildman–Crippen LogP) is 1.82. The van der Waals surface area contributed by atoms with Gasteiger partial charge in [0.25, 0.3) is 0 Å². The van der Waals surface area contributed by atoms with Gasteiger partial charge in [-0.3, -0.25) is 4.79 Å². The summed E-state index contributed by atoms with van der Waals surface area (Å²) in [6, 6.07) is 0. The maximum Gasteiger partial charge on any atom is 0.313 e. The van der Waals surface area contributed by atoms with E-state index in [2.05, 4.69) is 22.4 Å². The first kappa shape index (κ1) is 13.3. The van der Waals surface area contributed by atoms with Crippen molar-refractivity contribution >= 4 is 17.7 Å². The van der Waals surface area contributed by atoms with Crippen molar-refractivity contribution in [2.24, 2.45) is 5.41 Å². The summed E-state index contributed by atoms with van der Waals surface area (Å²) in [5.74, 6) is -0.852. The Balaban J connectivity index is 2.00. The third kappa shape index (κ3) is 3.44. The van der Waals surface area contributed by atoms with E-state index in [1.54, 1.807) is 4.68 Å². The summed E-state index contributed by atoms with van der Waals surface area (Å²) >= 11 is 1.18. The fraction of sp³-hybridized carbons (Fsp3) is 0.818. The molecule has 6 nitrogen and oxygen atoms in total. The zero-order chi connectivity index (χ0) is 13.0. The molecule has 1 heterocycles. The van der Waals surface area contributed by atoms with Crippen LogP contribution in [0.2, 0.25) is 0 Å². The molecule has 1 aromatic heterocycles. The van der Waals surface area contributed by atoms with Gasteiger partial charge in [-0.25, -0.2) is 4.68 Å². The highest BCUT2D eigenvalue weighted by Gasteiger charge is 2.28. The molecule has 1 aliphatic rings. The molecule has 0 aliphatic heterocycles. The highest BCUT2D eigenvalue weighted by atomic mass is 32.2. The van der Waals surface area contributed by atoms with Crippen molar-refractivity contribution in [1.82, 2.24) is 20.2 Å². The molecular formula is C11H18N4O2S. The lowest BCUT2D eigenvalue weighted by molar-refractivity contribution is -0.133. The molecule has 2 rings (SSSR count). The molecule has 0 unspecified atom stereocenters. The molecule has 7 heteroatoms. The largest absolute Gasteiger partial charge is 0.481 e. The lowest BCUT2D eigenvalue weighted by atomic mass is 9.76. The summed E-state index contributed by atoms with van der Waals surface area (Å²) in [5, 5.41) is 20.8. The zero-order valence-corrected chi connectivity index (χ0v) is 11.3. The summed E-state index contributed by atoms with van der Waals surface area (Å²) in [6.45, 7) is 3.04. The minimum absolute atomic E-state index is 0.00289. The smallest absolute Gasteiger partial charge is 0.313 e. The maximum atomic E-state index is 10.6. The molecule has 0 saturated heterocycles. The van der Waals surface area contributed by atoms with Crippen LogP contribution in [0.15, 0.2) is 5.16 Å². The van der Waals surface area contributed by atoms with Gasteiger partial charge in [0.1, 0.15) is 0 Å². The lowest BCUT2D eigenvalue weighted by Crippen LogP contribution is -2.27. The Hall–Kier alpha value is -1.11. The van der Waals surface area contributed by atoms with Gasteiger partial charge in [0.15, 0.2) is 0 Å². The Kier molecular flexibility index (Phi) is 4.21. The molecule has 1 aromatic rings. The van der Waals surface area contributed by atoms with E-state index >= 15 is 0 Å². The molecule has 1 aliphatic carbocycles. The molecule has 0 atom stereocenters. The topological polar surface area (TPSA) is 80.9 Å². The predicted molar refractivity (Wildman–Crippen MR) is 67.4 cm³/mol. The van der Waals surface area contributed by atoms with Crippen LogP contribution in [0.1, 0.15) is 39.0 Å². The number of carboxylic acid groups (broad SMARTS) is 1. The first-order valence-corrected chi connectivity index (χ1v) is 7.18. The van der Waals surface area contributed by atoms with E-state index in [0.717, 1.165) is 6.54 Å². The molecule has 0 aromatic carbocycles. The summed E-state index contributed by atoms with van der Waals surface area (Å²) in [7, 11) is 0. The number of thioether (sulfide) groups is 1. The molecule has 1 N–H and O–H groups in total. The van der Waals surface area contributed by atoms with E-state index in [4.69, 9.17) is 5.11 Å². The van der Waals surface area contributed by atoms with Gasteiger partial charge in [-0.15, -0.1) is 5.10 Å². The van der Waals surface area contributed by atoms with Gasteiger partial charge in [-0.2, -0.15) is 0 Å². The Morgan fingerprint density at radius 3 is 2.83 bits per heavy atom. The molecular weight excluding hydrogens is 252 g/mol. The Labute approximate surface area is 110 Å². The van der Waals surface area contributed by atoms with Crippen molar-refractivity contribution in [3.8, 4) is 0 Å². The molecule has 1 saturated carbocycles. The van der Waals surface area contributed by atoms with Crippen molar-refractivity contribution in [3.05, 3.63) is 0 Å². The number of rotatable bonds is 5. The van der Waals surface area contributed by atoms with Crippen LogP contribution in [0.4, 0.5) is 0 Å². The van der Waals surface area contributed by atoms with Gasteiger partial charge in [0.05, 0.1) is 12.3 Å². The van der Waals surface area contributed by atoms with Crippen LogP contribution in [0, 0.1) is 5.41 Å². The zero-order valence-electron chi connectivity index (χ0n) is 10.5. The van der Waals surface area contributed by atoms with Crippen LogP contribution in [-0.4, -0.2) is 37.0 Å². The van der Waals surface area contributed by atoms with Crippen molar-refractivity contribution < 1.29 is 9.90 Å². The Morgan fingerprint density at radius 2 is 2.17 bits per heavy atom. The summed E-state index contributed by atoms with van der Waals surface area (Å²) in [6.07, 6.45) is 6.21. The molecule has 18 heavy (non-hydrogen) atoms. The van der Waals surface area contributed by atoms with Crippen molar-refractivity contribution in [2.45, 2.75) is 50.7 Å². The van der Waals surface area contributed by atoms with E-state index < -0.39 is 5.97 Å². The molecule has 0 radical (unpaired) electrons. The highest BCUT2D eigenvalue weighted by Crippen LogP contribution is 2.37. The maximum absolute atomic E-state index is 10.6. The number of hydrogen-bond acceptors (Lipinski definition) is 5. The molecule has 1 fully saturated rings. The Morgan fingerprint density at radius 1 is 1.44 bits per heavy atom. The molecule has 0 amide bonds. The van der Waals surface area contributed by atoms with Crippen LogP contribution < -0.4 is 0 Å². The van der Waals surface area contributed by atoms with Crippen molar-refractivity contribution in [3.63, 3.8) is 0 Å². The first-order valence-electron chi connectivity index (χ1n) is 6.20. The van der Waals surface area contributed by atoms with Crippen molar-refractivity contribution in [2.75, 3.05) is 5.75 Å². The quantitative estimate of drug-likeness (QED) is 0.822.